The molecule has 2 heterocycles. The van der Waals surface area contributed by atoms with Gasteiger partial charge in [-0.1, -0.05) is 140 Å². The van der Waals surface area contributed by atoms with E-state index in [1.54, 1.807) is 11.3 Å². The van der Waals surface area contributed by atoms with E-state index < -0.39 is 0 Å². The molecule has 2 aromatic heterocycles. The maximum absolute atomic E-state index is 5.05. The molecule has 3 nitrogen and oxygen atoms in total. The fourth-order valence-electron chi connectivity index (χ4n) is 5.56. The van der Waals surface area contributed by atoms with Gasteiger partial charge in [0.25, 0.3) is 0 Å². The van der Waals surface area contributed by atoms with Crippen molar-refractivity contribution in [2.75, 3.05) is 0 Å². The standard InChI is InChI=1S/C39H25N3S/c1-3-10-26(11-4-1)27-18-20-28(21-19-27)29-22-24-31(25-23-29)38-40-37(30-12-5-2-6-13-30)41-39(42-38)34-16-9-15-33-32-14-7-8-17-35(32)43-36(33)34/h1-25H. The molecule has 8 aromatic rings. The van der Waals surface area contributed by atoms with Crippen molar-refractivity contribution >= 4 is 31.5 Å². The highest BCUT2D eigenvalue weighted by Gasteiger charge is 2.16. The van der Waals surface area contributed by atoms with E-state index in [2.05, 4.69) is 115 Å². The summed E-state index contributed by atoms with van der Waals surface area (Å²) in [4.78, 5) is 15.0. The van der Waals surface area contributed by atoms with Crippen LogP contribution in [0, 0.1) is 0 Å². The van der Waals surface area contributed by atoms with E-state index in [0.717, 1.165) is 22.3 Å². The number of thiophene rings is 1. The third-order valence-corrected chi connectivity index (χ3v) is 9.00. The number of fused-ring (bicyclic) bond motifs is 3. The minimum Gasteiger partial charge on any atom is -0.208 e. The number of hydrogen-bond acceptors (Lipinski definition) is 4. The maximum atomic E-state index is 5.05. The van der Waals surface area contributed by atoms with E-state index in [1.807, 2.05) is 36.4 Å². The molecule has 0 aliphatic carbocycles. The summed E-state index contributed by atoms with van der Waals surface area (Å²) >= 11 is 1.79. The van der Waals surface area contributed by atoms with Gasteiger partial charge in [0, 0.05) is 36.9 Å². The molecule has 0 unspecified atom stereocenters. The molecular formula is C39H25N3S. The monoisotopic (exact) mass is 567 g/mol. The Morgan fingerprint density at radius 2 is 0.767 bits per heavy atom. The quantitative estimate of drug-likeness (QED) is 0.208. The smallest absolute Gasteiger partial charge is 0.165 e. The Labute approximate surface area is 253 Å². The first-order valence-corrected chi connectivity index (χ1v) is 15.1. The Bertz CT molecular complexity index is 2200. The SMILES string of the molecule is c1ccc(-c2ccc(-c3ccc(-c4nc(-c5ccccc5)nc(-c5cccc6c5sc5ccccc56)n4)cc3)cc2)cc1. The van der Waals surface area contributed by atoms with E-state index in [0.29, 0.717) is 17.5 Å². The average Bonchev–Trinajstić information content (AvgIpc) is 3.48. The lowest BCUT2D eigenvalue weighted by Crippen LogP contribution is -2.00. The highest BCUT2D eigenvalue weighted by molar-refractivity contribution is 7.26. The van der Waals surface area contributed by atoms with Crippen molar-refractivity contribution in [3.63, 3.8) is 0 Å². The van der Waals surface area contributed by atoms with Gasteiger partial charge in [-0.05, 0) is 34.4 Å². The van der Waals surface area contributed by atoms with E-state index in [-0.39, 0.29) is 0 Å². The first kappa shape index (κ1) is 25.3. The van der Waals surface area contributed by atoms with Gasteiger partial charge in [-0.2, -0.15) is 0 Å². The molecule has 8 rings (SSSR count). The molecule has 0 amide bonds. The molecule has 202 valence electrons. The van der Waals surface area contributed by atoms with Gasteiger partial charge in [0.05, 0.1) is 0 Å². The Hall–Kier alpha value is -5.45. The molecule has 0 radical (unpaired) electrons. The first-order valence-electron chi connectivity index (χ1n) is 14.3. The second-order valence-electron chi connectivity index (χ2n) is 10.5. The summed E-state index contributed by atoms with van der Waals surface area (Å²) in [6.45, 7) is 0. The van der Waals surface area contributed by atoms with E-state index >= 15 is 0 Å². The van der Waals surface area contributed by atoms with Gasteiger partial charge in [-0.15, -0.1) is 11.3 Å². The molecule has 0 N–H and O–H groups in total. The van der Waals surface area contributed by atoms with Crippen LogP contribution in [-0.4, -0.2) is 15.0 Å². The van der Waals surface area contributed by atoms with Crippen LogP contribution in [0.15, 0.2) is 152 Å². The predicted molar refractivity (Wildman–Crippen MR) is 180 cm³/mol. The van der Waals surface area contributed by atoms with Gasteiger partial charge in [0.1, 0.15) is 0 Å². The average molecular weight is 568 g/mol. The Kier molecular flexibility index (Phi) is 6.32. The van der Waals surface area contributed by atoms with Gasteiger partial charge in [-0.25, -0.2) is 15.0 Å². The topological polar surface area (TPSA) is 38.7 Å². The summed E-state index contributed by atoms with van der Waals surface area (Å²) in [7, 11) is 0. The molecule has 0 spiro atoms. The number of benzene rings is 6. The van der Waals surface area contributed by atoms with Crippen molar-refractivity contribution in [3.05, 3.63) is 152 Å². The van der Waals surface area contributed by atoms with Crippen LogP contribution in [0.5, 0.6) is 0 Å². The molecule has 6 aromatic carbocycles. The van der Waals surface area contributed by atoms with Crippen LogP contribution in [0.1, 0.15) is 0 Å². The fraction of sp³-hybridized carbons (Fsp3) is 0. The molecular weight excluding hydrogens is 543 g/mol. The summed E-state index contributed by atoms with van der Waals surface area (Å²) in [5.41, 5.74) is 7.69. The highest BCUT2D eigenvalue weighted by Crippen LogP contribution is 2.39. The molecule has 0 bridgehead atoms. The van der Waals surface area contributed by atoms with Crippen LogP contribution < -0.4 is 0 Å². The lowest BCUT2D eigenvalue weighted by molar-refractivity contribution is 1.08. The van der Waals surface area contributed by atoms with Gasteiger partial charge in [0.2, 0.25) is 0 Å². The summed E-state index contributed by atoms with van der Waals surface area (Å²) in [5.74, 6) is 2.01. The van der Waals surface area contributed by atoms with Crippen molar-refractivity contribution < 1.29 is 0 Å². The van der Waals surface area contributed by atoms with E-state index in [1.165, 1.54) is 36.9 Å². The summed E-state index contributed by atoms with van der Waals surface area (Å²) < 4.78 is 2.45. The number of hydrogen-bond donors (Lipinski definition) is 0. The first-order chi connectivity index (χ1) is 21.3. The lowest BCUT2D eigenvalue weighted by Gasteiger charge is -2.10. The van der Waals surface area contributed by atoms with Gasteiger partial charge in [0.15, 0.2) is 17.5 Å². The second-order valence-corrected chi connectivity index (χ2v) is 11.5. The second kappa shape index (κ2) is 10.8. The van der Waals surface area contributed by atoms with Crippen LogP contribution in [0.2, 0.25) is 0 Å². The van der Waals surface area contributed by atoms with Gasteiger partial charge in [-0.3, -0.25) is 0 Å². The van der Waals surface area contributed by atoms with E-state index in [4.69, 9.17) is 15.0 Å². The van der Waals surface area contributed by atoms with Crippen molar-refractivity contribution in [1.29, 1.82) is 0 Å². The highest BCUT2D eigenvalue weighted by atomic mass is 32.1. The van der Waals surface area contributed by atoms with Crippen molar-refractivity contribution in [2.45, 2.75) is 0 Å². The third kappa shape index (κ3) is 4.78. The van der Waals surface area contributed by atoms with Crippen LogP contribution >= 0.6 is 11.3 Å². The Morgan fingerprint density at radius 1 is 0.326 bits per heavy atom. The number of nitrogens with zero attached hydrogens (tertiary/aromatic N) is 3. The van der Waals surface area contributed by atoms with Crippen molar-refractivity contribution in [3.8, 4) is 56.4 Å². The molecule has 4 heteroatoms. The lowest BCUT2D eigenvalue weighted by atomic mass is 9.99. The normalized spacial score (nSPS) is 11.3. The van der Waals surface area contributed by atoms with Crippen LogP contribution in [0.4, 0.5) is 0 Å². The van der Waals surface area contributed by atoms with Crippen molar-refractivity contribution in [1.82, 2.24) is 15.0 Å². The molecule has 43 heavy (non-hydrogen) atoms. The zero-order valence-corrected chi connectivity index (χ0v) is 24.0. The minimum atomic E-state index is 0.660. The van der Waals surface area contributed by atoms with Crippen LogP contribution in [0.25, 0.3) is 76.6 Å². The maximum Gasteiger partial charge on any atom is 0.165 e. The fourth-order valence-corrected chi connectivity index (χ4v) is 6.77. The molecule has 0 fully saturated rings. The van der Waals surface area contributed by atoms with Crippen LogP contribution in [-0.2, 0) is 0 Å². The van der Waals surface area contributed by atoms with Crippen LogP contribution in [0.3, 0.4) is 0 Å². The molecule has 0 saturated heterocycles. The predicted octanol–water partition coefficient (Wildman–Crippen LogP) is 10.6. The van der Waals surface area contributed by atoms with E-state index in [9.17, 15) is 0 Å². The molecule has 0 atom stereocenters. The van der Waals surface area contributed by atoms with Gasteiger partial charge >= 0.3 is 0 Å². The summed E-state index contributed by atoms with van der Waals surface area (Å²) in [6.07, 6.45) is 0. The number of rotatable bonds is 5. The number of aromatic nitrogens is 3. The van der Waals surface area contributed by atoms with Crippen molar-refractivity contribution in [2.24, 2.45) is 0 Å². The third-order valence-electron chi connectivity index (χ3n) is 7.78. The molecule has 0 aliphatic heterocycles. The summed E-state index contributed by atoms with van der Waals surface area (Å²) in [5, 5.41) is 2.48. The summed E-state index contributed by atoms with van der Waals surface area (Å²) in [6, 6.07) is 52.7. The minimum absolute atomic E-state index is 0.660. The Morgan fingerprint density at radius 3 is 1.40 bits per heavy atom. The molecule has 0 saturated carbocycles. The molecule has 0 aliphatic rings. The Balaban J connectivity index is 1.21. The zero-order chi connectivity index (χ0) is 28.6. The van der Waals surface area contributed by atoms with Gasteiger partial charge < -0.3 is 0 Å². The zero-order valence-electron chi connectivity index (χ0n) is 23.2. The largest absolute Gasteiger partial charge is 0.208 e.